The molecule has 0 radical (unpaired) electrons. The molecule has 0 saturated heterocycles. The summed E-state index contributed by atoms with van der Waals surface area (Å²) in [6, 6.07) is -0.0372. The molecular weight excluding hydrogens is 194 g/mol. The Morgan fingerprint density at radius 2 is 2.27 bits per heavy atom. The molecule has 0 heterocycles. The Bertz CT molecular complexity index is 255. The Hall–Kier alpha value is -1.03. The van der Waals surface area contributed by atoms with Gasteiger partial charge >= 0.3 is 6.09 Å². The van der Waals surface area contributed by atoms with Crippen molar-refractivity contribution in [2.45, 2.75) is 38.8 Å². The largest absolute Gasteiger partial charge is 0.444 e. The smallest absolute Gasteiger partial charge is 0.407 e. The van der Waals surface area contributed by atoms with Crippen LogP contribution in [0.25, 0.3) is 0 Å². The van der Waals surface area contributed by atoms with Crippen molar-refractivity contribution in [1.29, 1.82) is 0 Å². The summed E-state index contributed by atoms with van der Waals surface area (Å²) in [5.74, 6) is 0.0116. The Labute approximate surface area is 90.3 Å². The standard InChI is InChI=1S/C11H19NO3/c1-11(2,3)15-10(14)12-9-6-4-5-8(9)7-13/h4-5,8-9,13H,6-7H2,1-3H3,(H,12,14)/t8-,9+/m0/s1. The monoisotopic (exact) mass is 213 g/mol. The van der Waals surface area contributed by atoms with Gasteiger partial charge < -0.3 is 15.2 Å². The maximum atomic E-state index is 11.4. The maximum absolute atomic E-state index is 11.4. The predicted octanol–water partition coefficient (Wildman–Crippen LogP) is 1.45. The number of carbonyl (C=O) groups is 1. The van der Waals surface area contributed by atoms with E-state index in [9.17, 15) is 4.79 Å². The first-order chi connectivity index (χ1) is 6.92. The molecule has 1 aliphatic carbocycles. The van der Waals surface area contributed by atoms with Crippen LogP contribution in [0.15, 0.2) is 12.2 Å². The summed E-state index contributed by atoms with van der Waals surface area (Å²) in [5.41, 5.74) is -0.481. The lowest BCUT2D eigenvalue weighted by atomic mass is 10.1. The second-order valence-electron chi connectivity index (χ2n) is 4.76. The Morgan fingerprint density at radius 1 is 1.60 bits per heavy atom. The van der Waals surface area contributed by atoms with Crippen molar-refractivity contribution in [2.24, 2.45) is 5.92 Å². The van der Waals surface area contributed by atoms with Crippen molar-refractivity contribution in [3.8, 4) is 0 Å². The van der Waals surface area contributed by atoms with E-state index in [0.29, 0.717) is 0 Å². The van der Waals surface area contributed by atoms with Crippen LogP contribution in [0.2, 0.25) is 0 Å². The molecule has 0 bridgehead atoms. The number of alkyl carbamates (subject to hydrolysis) is 1. The molecule has 1 amide bonds. The van der Waals surface area contributed by atoms with Gasteiger partial charge in [-0.3, -0.25) is 0 Å². The predicted molar refractivity (Wildman–Crippen MR) is 57.5 cm³/mol. The second kappa shape index (κ2) is 4.66. The van der Waals surface area contributed by atoms with Crippen LogP contribution in [0.3, 0.4) is 0 Å². The molecule has 0 spiro atoms. The molecule has 0 unspecified atom stereocenters. The zero-order valence-corrected chi connectivity index (χ0v) is 9.49. The molecule has 86 valence electrons. The molecule has 0 aromatic heterocycles. The van der Waals surface area contributed by atoms with Crippen LogP contribution in [0.5, 0.6) is 0 Å². The summed E-state index contributed by atoms with van der Waals surface area (Å²) >= 11 is 0. The molecule has 1 aliphatic rings. The molecule has 1 rings (SSSR count). The molecule has 4 nitrogen and oxygen atoms in total. The molecule has 0 aromatic rings. The molecule has 0 aromatic carbocycles. The van der Waals surface area contributed by atoms with Gasteiger partial charge in [0.1, 0.15) is 5.60 Å². The summed E-state index contributed by atoms with van der Waals surface area (Å²) in [4.78, 5) is 11.4. The molecule has 4 heteroatoms. The van der Waals surface area contributed by atoms with Gasteiger partial charge in [-0.2, -0.15) is 0 Å². The first kappa shape index (κ1) is 12.0. The fraction of sp³-hybridized carbons (Fsp3) is 0.727. The van der Waals surface area contributed by atoms with Gasteiger partial charge in [-0.15, -0.1) is 0 Å². The number of aliphatic hydroxyl groups excluding tert-OH is 1. The number of aliphatic hydroxyl groups is 1. The van der Waals surface area contributed by atoms with Crippen molar-refractivity contribution < 1.29 is 14.6 Å². The highest BCUT2D eigenvalue weighted by Crippen LogP contribution is 2.18. The third kappa shape index (κ3) is 3.91. The summed E-state index contributed by atoms with van der Waals surface area (Å²) in [5, 5.41) is 11.8. The van der Waals surface area contributed by atoms with Crippen molar-refractivity contribution in [3.05, 3.63) is 12.2 Å². The minimum absolute atomic E-state index is 0.0116. The van der Waals surface area contributed by atoms with E-state index in [1.54, 1.807) is 0 Å². The number of ether oxygens (including phenoxy) is 1. The second-order valence-corrected chi connectivity index (χ2v) is 4.76. The Morgan fingerprint density at radius 3 is 2.80 bits per heavy atom. The topological polar surface area (TPSA) is 58.6 Å². The van der Waals surface area contributed by atoms with Crippen molar-refractivity contribution in [3.63, 3.8) is 0 Å². The van der Waals surface area contributed by atoms with Gasteiger partial charge in [-0.05, 0) is 27.2 Å². The lowest BCUT2D eigenvalue weighted by Crippen LogP contribution is -2.41. The minimum atomic E-state index is -0.481. The van der Waals surface area contributed by atoms with Crippen LogP contribution < -0.4 is 5.32 Å². The van der Waals surface area contributed by atoms with E-state index in [2.05, 4.69) is 5.32 Å². The summed E-state index contributed by atoms with van der Waals surface area (Å²) in [6.45, 7) is 5.52. The van der Waals surface area contributed by atoms with E-state index in [1.165, 1.54) is 0 Å². The van der Waals surface area contributed by atoms with Gasteiger partial charge in [0.15, 0.2) is 0 Å². The SMILES string of the molecule is CC(C)(C)OC(=O)N[C@@H]1CC=C[C@H]1CO. The quantitative estimate of drug-likeness (QED) is 0.682. The van der Waals surface area contributed by atoms with E-state index >= 15 is 0 Å². The van der Waals surface area contributed by atoms with Gasteiger partial charge in [0.25, 0.3) is 0 Å². The fourth-order valence-electron chi connectivity index (χ4n) is 1.52. The van der Waals surface area contributed by atoms with Crippen LogP contribution >= 0.6 is 0 Å². The van der Waals surface area contributed by atoms with E-state index in [1.807, 2.05) is 32.9 Å². The molecule has 2 atom stereocenters. The van der Waals surface area contributed by atoms with E-state index in [4.69, 9.17) is 9.84 Å². The molecular formula is C11H19NO3. The summed E-state index contributed by atoms with van der Waals surface area (Å²) < 4.78 is 5.13. The lowest BCUT2D eigenvalue weighted by molar-refractivity contribution is 0.0488. The zero-order chi connectivity index (χ0) is 11.5. The highest BCUT2D eigenvalue weighted by atomic mass is 16.6. The van der Waals surface area contributed by atoms with Crippen molar-refractivity contribution in [2.75, 3.05) is 6.61 Å². The van der Waals surface area contributed by atoms with Crippen LogP contribution in [0.1, 0.15) is 27.2 Å². The molecule has 0 aliphatic heterocycles. The Balaban J connectivity index is 2.39. The number of amides is 1. The van der Waals surface area contributed by atoms with Crippen molar-refractivity contribution in [1.82, 2.24) is 5.32 Å². The molecule has 2 N–H and O–H groups in total. The van der Waals surface area contributed by atoms with Crippen LogP contribution in [0, 0.1) is 5.92 Å². The number of hydrogen-bond acceptors (Lipinski definition) is 3. The third-order valence-electron chi connectivity index (χ3n) is 2.20. The van der Waals surface area contributed by atoms with Crippen LogP contribution in [-0.2, 0) is 4.74 Å². The first-order valence-electron chi connectivity index (χ1n) is 5.19. The molecule has 15 heavy (non-hydrogen) atoms. The van der Waals surface area contributed by atoms with Gasteiger partial charge in [0.05, 0.1) is 6.61 Å². The van der Waals surface area contributed by atoms with Gasteiger partial charge in [-0.25, -0.2) is 4.79 Å². The van der Waals surface area contributed by atoms with Gasteiger partial charge in [-0.1, -0.05) is 12.2 Å². The summed E-state index contributed by atoms with van der Waals surface area (Å²) in [6.07, 6.45) is 4.21. The maximum Gasteiger partial charge on any atom is 0.407 e. The number of carbonyl (C=O) groups excluding carboxylic acids is 1. The highest BCUT2D eigenvalue weighted by Gasteiger charge is 2.25. The summed E-state index contributed by atoms with van der Waals surface area (Å²) in [7, 11) is 0. The minimum Gasteiger partial charge on any atom is -0.444 e. The average molecular weight is 213 g/mol. The molecule has 0 fully saturated rings. The molecule has 0 saturated carbocycles. The van der Waals surface area contributed by atoms with Gasteiger partial charge in [0.2, 0.25) is 0 Å². The van der Waals surface area contributed by atoms with E-state index in [-0.39, 0.29) is 18.6 Å². The number of rotatable bonds is 2. The van der Waals surface area contributed by atoms with E-state index in [0.717, 1.165) is 6.42 Å². The number of hydrogen-bond donors (Lipinski definition) is 2. The fourth-order valence-corrected chi connectivity index (χ4v) is 1.52. The normalized spacial score (nSPS) is 25.3. The Kier molecular flexibility index (Phi) is 3.74. The van der Waals surface area contributed by atoms with Crippen LogP contribution in [0.4, 0.5) is 4.79 Å². The van der Waals surface area contributed by atoms with Crippen LogP contribution in [-0.4, -0.2) is 29.4 Å². The zero-order valence-electron chi connectivity index (χ0n) is 9.49. The van der Waals surface area contributed by atoms with Crippen molar-refractivity contribution >= 4 is 6.09 Å². The first-order valence-corrected chi connectivity index (χ1v) is 5.19. The number of nitrogens with one attached hydrogen (secondary N) is 1. The van der Waals surface area contributed by atoms with E-state index < -0.39 is 11.7 Å². The average Bonchev–Trinajstić information content (AvgIpc) is 2.48. The third-order valence-corrected chi connectivity index (χ3v) is 2.20. The van der Waals surface area contributed by atoms with Gasteiger partial charge in [0, 0.05) is 12.0 Å². The highest BCUT2D eigenvalue weighted by molar-refractivity contribution is 5.68. The lowest BCUT2D eigenvalue weighted by Gasteiger charge is -2.23.